The highest BCUT2D eigenvalue weighted by molar-refractivity contribution is 5.78. The molecular weight excluding hydrogens is 556 g/mol. The van der Waals surface area contributed by atoms with E-state index in [1.807, 2.05) is 0 Å². The molecular formula is C27H38N4O11. The molecule has 0 aliphatic heterocycles. The van der Waals surface area contributed by atoms with Gasteiger partial charge in [-0.25, -0.2) is 4.79 Å². The predicted molar refractivity (Wildman–Crippen MR) is 146 cm³/mol. The van der Waals surface area contributed by atoms with Crippen molar-refractivity contribution >= 4 is 41.6 Å². The van der Waals surface area contributed by atoms with Crippen molar-refractivity contribution in [2.24, 2.45) is 4.99 Å². The fourth-order valence-corrected chi connectivity index (χ4v) is 3.83. The summed E-state index contributed by atoms with van der Waals surface area (Å²) in [5, 5.41) is 0. The van der Waals surface area contributed by atoms with Gasteiger partial charge in [0.05, 0.1) is 67.4 Å². The van der Waals surface area contributed by atoms with Crippen LogP contribution < -0.4 is 0 Å². The van der Waals surface area contributed by atoms with Crippen LogP contribution >= 0.6 is 0 Å². The lowest BCUT2D eigenvalue weighted by molar-refractivity contribution is -0.151. The van der Waals surface area contributed by atoms with E-state index in [2.05, 4.69) is 4.99 Å². The average molecular weight is 595 g/mol. The number of carbonyl (C=O) groups is 5. The maximum atomic E-state index is 12.9. The van der Waals surface area contributed by atoms with E-state index < -0.39 is 35.9 Å². The fourth-order valence-electron chi connectivity index (χ4n) is 3.83. The van der Waals surface area contributed by atoms with Gasteiger partial charge in [0.25, 0.3) is 0 Å². The van der Waals surface area contributed by atoms with Gasteiger partial charge in [-0.3, -0.25) is 38.7 Å². The quantitative estimate of drug-likeness (QED) is 0.0855. The number of methoxy groups -OCH3 is 5. The summed E-state index contributed by atoms with van der Waals surface area (Å²) >= 11 is 0. The third-order valence-corrected chi connectivity index (χ3v) is 6.19. The van der Waals surface area contributed by atoms with Crippen LogP contribution in [0, 0.1) is 0 Å². The second kappa shape index (κ2) is 19.8. The Labute approximate surface area is 244 Å². The van der Waals surface area contributed by atoms with Gasteiger partial charge >= 0.3 is 29.8 Å². The molecule has 0 fully saturated rings. The van der Waals surface area contributed by atoms with Crippen molar-refractivity contribution in [3.05, 3.63) is 29.8 Å². The van der Waals surface area contributed by atoms with E-state index in [9.17, 15) is 28.8 Å². The van der Waals surface area contributed by atoms with E-state index in [1.165, 1.54) is 46.5 Å². The second-order valence-electron chi connectivity index (χ2n) is 8.87. The van der Waals surface area contributed by atoms with Gasteiger partial charge in [0.15, 0.2) is 0 Å². The molecule has 1 aromatic carbocycles. The summed E-state index contributed by atoms with van der Waals surface area (Å²) in [6, 6.07) is 5.63. The van der Waals surface area contributed by atoms with E-state index in [1.54, 1.807) is 34.1 Å². The van der Waals surface area contributed by atoms with E-state index in [4.69, 9.17) is 23.7 Å². The van der Waals surface area contributed by atoms with Crippen LogP contribution in [0.2, 0.25) is 0 Å². The van der Waals surface area contributed by atoms with Crippen molar-refractivity contribution in [3.8, 4) is 0 Å². The van der Waals surface area contributed by atoms with Crippen LogP contribution in [0.3, 0.4) is 0 Å². The predicted octanol–water partition coefficient (Wildman–Crippen LogP) is -0.664. The van der Waals surface area contributed by atoms with Crippen LogP contribution in [0.25, 0.3) is 0 Å². The van der Waals surface area contributed by atoms with Gasteiger partial charge < -0.3 is 23.7 Å². The van der Waals surface area contributed by atoms with Crippen LogP contribution in [0.1, 0.15) is 5.56 Å². The zero-order valence-corrected chi connectivity index (χ0v) is 24.5. The third kappa shape index (κ3) is 13.5. The number of carbonyl (C=O) groups excluding carboxylic acids is 6. The van der Waals surface area contributed by atoms with Gasteiger partial charge in [0, 0.05) is 26.2 Å². The van der Waals surface area contributed by atoms with Gasteiger partial charge in [-0.2, -0.15) is 4.99 Å². The molecule has 0 bridgehead atoms. The fraction of sp³-hybridized carbons (Fsp3) is 0.556. The van der Waals surface area contributed by atoms with Crippen LogP contribution in [-0.2, 0) is 58.9 Å². The van der Waals surface area contributed by atoms with Crippen molar-refractivity contribution in [1.82, 2.24) is 14.7 Å². The monoisotopic (exact) mass is 594 g/mol. The molecule has 0 N–H and O–H groups in total. The number of aliphatic imine (C=N–C) groups is 1. The molecule has 0 aromatic heterocycles. The molecule has 0 aliphatic carbocycles. The molecule has 0 heterocycles. The molecule has 1 atom stereocenters. The smallest absolute Gasteiger partial charge is 0.323 e. The Morgan fingerprint density at radius 1 is 0.667 bits per heavy atom. The number of benzene rings is 1. The van der Waals surface area contributed by atoms with Gasteiger partial charge in [0.1, 0.15) is 6.04 Å². The Bertz CT molecular complexity index is 1070. The van der Waals surface area contributed by atoms with E-state index >= 15 is 0 Å². The summed E-state index contributed by atoms with van der Waals surface area (Å²) < 4.78 is 24.1. The lowest BCUT2D eigenvalue weighted by Gasteiger charge is -2.32. The molecule has 0 aliphatic rings. The molecule has 0 saturated carbocycles. The average Bonchev–Trinajstić information content (AvgIpc) is 3.00. The van der Waals surface area contributed by atoms with Gasteiger partial charge in [0.2, 0.25) is 6.08 Å². The minimum absolute atomic E-state index is 0.118. The van der Waals surface area contributed by atoms with Crippen LogP contribution in [0.5, 0.6) is 0 Å². The lowest BCUT2D eigenvalue weighted by Crippen LogP contribution is -2.50. The first-order valence-corrected chi connectivity index (χ1v) is 12.8. The second-order valence-corrected chi connectivity index (χ2v) is 8.87. The Hall–Kier alpha value is -4.17. The molecule has 0 radical (unpaired) electrons. The van der Waals surface area contributed by atoms with Crippen LogP contribution in [0.4, 0.5) is 5.69 Å². The number of esters is 5. The Morgan fingerprint density at radius 2 is 1.12 bits per heavy atom. The number of rotatable bonds is 19. The van der Waals surface area contributed by atoms with E-state index in [-0.39, 0.29) is 58.8 Å². The standard InChI is InChI=1S/C27H38N4O11/c1-38-23(33)15-29(10-11-30(16-24(34)39-2)17-25(35)40-3)12-13-31(18-26(36)41-4)22(27(37)42-5)14-20-6-8-21(9-7-20)28-19-32/h6-9,22H,10-18H2,1-5H3. The topological polar surface area (TPSA) is 171 Å². The van der Waals surface area contributed by atoms with Crippen molar-refractivity contribution in [1.29, 1.82) is 0 Å². The summed E-state index contributed by atoms with van der Waals surface area (Å²) in [6.07, 6.45) is 1.61. The SMILES string of the molecule is COC(=O)CN(CCN(CC(=O)OC)CC(=O)OC)CCN(CC(=O)OC)C(Cc1ccc(N=C=O)cc1)C(=O)OC. The normalized spacial score (nSPS) is 11.4. The molecule has 0 saturated heterocycles. The lowest BCUT2D eigenvalue weighted by atomic mass is 10.0. The maximum Gasteiger partial charge on any atom is 0.323 e. The van der Waals surface area contributed by atoms with Gasteiger partial charge in [-0.1, -0.05) is 12.1 Å². The number of hydrogen-bond acceptors (Lipinski definition) is 15. The number of hydrogen-bond donors (Lipinski definition) is 0. The molecule has 0 spiro atoms. The largest absolute Gasteiger partial charge is 0.468 e. The number of nitrogens with zero attached hydrogens (tertiary/aromatic N) is 4. The maximum absolute atomic E-state index is 12.9. The number of isocyanates is 1. The highest BCUT2D eigenvalue weighted by atomic mass is 16.5. The van der Waals surface area contributed by atoms with Gasteiger partial charge in [-0.05, 0) is 24.1 Å². The number of ether oxygens (including phenoxy) is 5. The summed E-state index contributed by atoms with van der Waals surface area (Å²) in [4.78, 5) is 79.9. The Balaban J connectivity index is 3.19. The molecule has 15 heteroatoms. The molecule has 42 heavy (non-hydrogen) atoms. The first-order valence-electron chi connectivity index (χ1n) is 12.8. The minimum Gasteiger partial charge on any atom is -0.468 e. The van der Waals surface area contributed by atoms with Crippen molar-refractivity contribution < 1.29 is 52.5 Å². The van der Waals surface area contributed by atoms with E-state index in [0.717, 1.165) is 0 Å². The van der Waals surface area contributed by atoms with Crippen molar-refractivity contribution in [2.75, 3.05) is 87.9 Å². The van der Waals surface area contributed by atoms with Crippen molar-refractivity contribution in [2.45, 2.75) is 12.5 Å². The van der Waals surface area contributed by atoms with E-state index in [0.29, 0.717) is 11.3 Å². The third-order valence-electron chi connectivity index (χ3n) is 6.19. The summed E-state index contributed by atoms with van der Waals surface area (Å²) in [5.41, 5.74) is 1.10. The van der Waals surface area contributed by atoms with Crippen LogP contribution in [0.15, 0.2) is 29.3 Å². The van der Waals surface area contributed by atoms with Crippen molar-refractivity contribution in [3.63, 3.8) is 0 Å². The molecule has 1 unspecified atom stereocenters. The molecule has 232 valence electrons. The minimum atomic E-state index is -0.912. The zero-order valence-electron chi connectivity index (χ0n) is 24.5. The highest BCUT2D eigenvalue weighted by Crippen LogP contribution is 2.16. The Kier molecular flexibility index (Phi) is 16.9. The Morgan fingerprint density at radius 3 is 1.60 bits per heavy atom. The molecule has 0 amide bonds. The zero-order chi connectivity index (χ0) is 31.5. The molecule has 1 aromatic rings. The summed E-state index contributed by atoms with van der Waals surface area (Å²) in [7, 11) is 6.14. The summed E-state index contributed by atoms with van der Waals surface area (Å²) in [6.45, 7) is -0.0999. The first-order chi connectivity index (χ1) is 20.1. The summed E-state index contributed by atoms with van der Waals surface area (Å²) in [5.74, 6) is -2.86. The van der Waals surface area contributed by atoms with Gasteiger partial charge in [-0.15, -0.1) is 0 Å². The van der Waals surface area contributed by atoms with Crippen LogP contribution in [-0.4, -0.2) is 145 Å². The molecule has 1 rings (SSSR count). The first kappa shape index (κ1) is 35.9. The highest BCUT2D eigenvalue weighted by Gasteiger charge is 2.30. The molecule has 15 nitrogen and oxygen atoms in total.